The number of thioether (sulfide) groups is 1. The molecular weight excluding hydrogens is 368 g/mol. The molecule has 2 aromatic heterocycles. The van der Waals surface area contributed by atoms with Crippen molar-refractivity contribution in [2.75, 3.05) is 12.3 Å². The van der Waals surface area contributed by atoms with E-state index in [1.807, 2.05) is 0 Å². The van der Waals surface area contributed by atoms with Crippen LogP contribution in [-0.2, 0) is 4.79 Å². The Balaban J connectivity index is 1.67. The predicted molar refractivity (Wildman–Crippen MR) is 102 cm³/mol. The van der Waals surface area contributed by atoms with Crippen LogP contribution in [-0.4, -0.2) is 43.9 Å². The Hall–Kier alpha value is -2.29. The van der Waals surface area contributed by atoms with Gasteiger partial charge in [0.15, 0.2) is 11.1 Å². The van der Waals surface area contributed by atoms with Crippen LogP contribution in [0.3, 0.4) is 0 Å². The number of rotatable bonds is 8. The Kier molecular flexibility index (Phi) is 6.54. The number of aromatic nitrogens is 3. The lowest BCUT2D eigenvalue weighted by molar-refractivity contribution is -0.135. The number of carbonyl (C=O) groups excluding carboxylic acids is 1. The monoisotopic (exact) mass is 392 g/mol. The molecule has 1 fully saturated rings. The summed E-state index contributed by atoms with van der Waals surface area (Å²) in [7, 11) is 0. The van der Waals surface area contributed by atoms with E-state index in [0.717, 1.165) is 18.1 Å². The third-order valence-electron chi connectivity index (χ3n) is 4.89. The highest BCUT2D eigenvalue weighted by molar-refractivity contribution is 7.99. The first-order chi connectivity index (χ1) is 13.1. The molecule has 0 bridgehead atoms. The molecule has 8 nitrogen and oxygen atoms in total. The Labute approximate surface area is 160 Å². The van der Waals surface area contributed by atoms with Crippen LogP contribution in [0.25, 0.3) is 5.65 Å². The third-order valence-corrected chi connectivity index (χ3v) is 5.98. The first-order valence-corrected chi connectivity index (χ1v) is 10.3. The van der Waals surface area contributed by atoms with Gasteiger partial charge in [-0.3, -0.25) is 19.5 Å². The molecular formula is C18H24N4O4S. The van der Waals surface area contributed by atoms with E-state index >= 15 is 0 Å². The van der Waals surface area contributed by atoms with Crippen LogP contribution >= 0.6 is 11.8 Å². The van der Waals surface area contributed by atoms with Crippen molar-refractivity contribution in [2.24, 2.45) is 5.92 Å². The molecule has 0 unspecified atom stereocenters. The zero-order valence-electron chi connectivity index (χ0n) is 15.1. The molecule has 146 valence electrons. The molecule has 3 rings (SSSR count). The van der Waals surface area contributed by atoms with Gasteiger partial charge < -0.3 is 10.4 Å². The lowest BCUT2D eigenvalue weighted by Crippen LogP contribution is -2.33. The van der Waals surface area contributed by atoms with Crippen molar-refractivity contribution in [3.63, 3.8) is 0 Å². The summed E-state index contributed by atoms with van der Waals surface area (Å²) in [5.41, 5.74) is -0.399. The van der Waals surface area contributed by atoms with E-state index in [1.54, 1.807) is 16.3 Å². The van der Waals surface area contributed by atoms with Crippen molar-refractivity contribution < 1.29 is 14.7 Å². The highest BCUT2D eigenvalue weighted by atomic mass is 32.2. The van der Waals surface area contributed by atoms with Crippen LogP contribution in [0.1, 0.15) is 55.3 Å². The van der Waals surface area contributed by atoms with Gasteiger partial charge in [0.25, 0.3) is 5.91 Å². The zero-order valence-corrected chi connectivity index (χ0v) is 15.9. The van der Waals surface area contributed by atoms with Crippen molar-refractivity contribution in [2.45, 2.75) is 50.0 Å². The highest BCUT2D eigenvalue weighted by Crippen LogP contribution is 2.28. The van der Waals surface area contributed by atoms with Crippen LogP contribution in [0.5, 0.6) is 0 Å². The molecule has 1 aliphatic carbocycles. The summed E-state index contributed by atoms with van der Waals surface area (Å²) < 4.78 is 1.60. The number of aromatic amines is 1. The van der Waals surface area contributed by atoms with Gasteiger partial charge >= 0.3 is 5.97 Å². The van der Waals surface area contributed by atoms with Gasteiger partial charge in [0.1, 0.15) is 23.5 Å². The molecule has 0 aliphatic heterocycles. The standard InChI is InChI=1S/C18H24N4O4S/c23-13-9-14(27-8-4-7-12-5-2-1-3-6-12)22-17(20-11-21-22)16(13)18(26)19-10-15(24)25/h9,11-12H,1-8,10H2,(H,19,26)(H,20,21)(H,24,25). The van der Waals surface area contributed by atoms with Gasteiger partial charge in [-0.25, -0.2) is 9.50 Å². The first-order valence-electron chi connectivity index (χ1n) is 9.28. The number of nitrogens with zero attached hydrogens (tertiary/aromatic N) is 2. The first kappa shape index (κ1) is 19.5. The number of nitrogens with one attached hydrogen (secondary N) is 2. The number of hydrogen-bond acceptors (Lipinski definition) is 5. The minimum absolute atomic E-state index is 0.149. The average Bonchev–Trinajstić information content (AvgIpc) is 3.13. The van der Waals surface area contributed by atoms with Crippen molar-refractivity contribution in [3.05, 3.63) is 28.2 Å². The normalized spacial score (nSPS) is 15.1. The van der Waals surface area contributed by atoms with E-state index in [0.29, 0.717) is 5.03 Å². The molecule has 2 aromatic rings. The summed E-state index contributed by atoms with van der Waals surface area (Å²) in [6.07, 6.45) is 10.4. The molecule has 0 radical (unpaired) electrons. The van der Waals surface area contributed by atoms with Gasteiger partial charge in [-0.15, -0.1) is 11.8 Å². The number of H-pyrrole nitrogens is 1. The van der Waals surface area contributed by atoms with Crippen molar-refractivity contribution in [1.82, 2.24) is 19.9 Å². The molecule has 0 saturated heterocycles. The van der Waals surface area contributed by atoms with Crippen LogP contribution < -0.4 is 10.7 Å². The molecule has 0 atom stereocenters. The van der Waals surface area contributed by atoms with Gasteiger partial charge in [0.05, 0.1) is 0 Å². The smallest absolute Gasteiger partial charge is 0.322 e. The summed E-state index contributed by atoms with van der Waals surface area (Å²) in [5, 5.41) is 14.5. The fourth-order valence-electron chi connectivity index (χ4n) is 3.56. The number of amides is 1. The lowest BCUT2D eigenvalue weighted by Gasteiger charge is -2.21. The van der Waals surface area contributed by atoms with Gasteiger partial charge in [0, 0.05) is 6.07 Å². The summed E-state index contributed by atoms with van der Waals surface area (Å²) in [4.78, 5) is 39.3. The van der Waals surface area contributed by atoms with Gasteiger partial charge in [-0.05, 0) is 24.5 Å². The Bertz CT molecular complexity index is 870. The SMILES string of the molecule is O=C(O)CNC(=O)c1c(=O)cc(SCCCC2CCCCC2)n2[nH]cnc12. The van der Waals surface area contributed by atoms with E-state index in [9.17, 15) is 14.4 Å². The summed E-state index contributed by atoms with van der Waals surface area (Å²) in [5.74, 6) is -0.191. The maximum Gasteiger partial charge on any atom is 0.322 e. The van der Waals surface area contributed by atoms with E-state index in [4.69, 9.17) is 5.11 Å². The second kappa shape index (κ2) is 9.07. The summed E-state index contributed by atoms with van der Waals surface area (Å²) in [6, 6.07) is 1.41. The van der Waals surface area contributed by atoms with E-state index in [1.165, 1.54) is 50.9 Å². The number of fused-ring (bicyclic) bond motifs is 1. The maximum atomic E-state index is 12.4. The number of carboxylic acids is 1. The minimum Gasteiger partial charge on any atom is -0.480 e. The molecule has 1 aliphatic rings. The topological polar surface area (TPSA) is 117 Å². The second-order valence-corrected chi connectivity index (χ2v) is 7.95. The van der Waals surface area contributed by atoms with Gasteiger partial charge in [0.2, 0.25) is 0 Å². The molecule has 3 N–H and O–H groups in total. The molecule has 1 saturated carbocycles. The Morgan fingerprint density at radius 3 is 2.85 bits per heavy atom. The highest BCUT2D eigenvalue weighted by Gasteiger charge is 2.20. The van der Waals surface area contributed by atoms with Crippen LogP contribution in [0.2, 0.25) is 0 Å². The van der Waals surface area contributed by atoms with Crippen LogP contribution in [0.15, 0.2) is 22.2 Å². The lowest BCUT2D eigenvalue weighted by atomic mass is 9.86. The number of carboxylic acid groups (broad SMARTS) is 1. The van der Waals surface area contributed by atoms with E-state index in [-0.39, 0.29) is 11.2 Å². The molecule has 27 heavy (non-hydrogen) atoms. The predicted octanol–water partition coefficient (Wildman–Crippen LogP) is 2.29. The summed E-state index contributed by atoms with van der Waals surface area (Å²) in [6.45, 7) is -0.549. The molecule has 2 heterocycles. The Morgan fingerprint density at radius 1 is 1.33 bits per heavy atom. The van der Waals surface area contributed by atoms with Crippen molar-refractivity contribution in [1.29, 1.82) is 0 Å². The second-order valence-electron chi connectivity index (χ2n) is 6.84. The van der Waals surface area contributed by atoms with Crippen LogP contribution in [0, 0.1) is 5.92 Å². The van der Waals surface area contributed by atoms with E-state index in [2.05, 4.69) is 15.4 Å². The molecule has 1 amide bonds. The number of aliphatic carboxylic acids is 1. The average molecular weight is 392 g/mol. The third kappa shape index (κ3) is 4.91. The maximum absolute atomic E-state index is 12.4. The van der Waals surface area contributed by atoms with Crippen LogP contribution in [0.4, 0.5) is 0 Å². The molecule has 0 spiro atoms. The number of carbonyl (C=O) groups is 2. The number of hydrogen-bond donors (Lipinski definition) is 3. The fraction of sp³-hybridized carbons (Fsp3) is 0.556. The van der Waals surface area contributed by atoms with Gasteiger partial charge in [-0.2, -0.15) is 0 Å². The molecule has 9 heteroatoms. The molecule has 0 aromatic carbocycles. The van der Waals surface area contributed by atoms with Crippen molar-refractivity contribution >= 4 is 29.3 Å². The fourth-order valence-corrected chi connectivity index (χ4v) is 4.54. The summed E-state index contributed by atoms with van der Waals surface area (Å²) >= 11 is 1.56. The number of pyridine rings is 1. The zero-order chi connectivity index (χ0) is 19.2. The van der Waals surface area contributed by atoms with E-state index < -0.39 is 23.9 Å². The van der Waals surface area contributed by atoms with Crippen molar-refractivity contribution in [3.8, 4) is 0 Å². The quantitative estimate of drug-likeness (QED) is 0.469. The minimum atomic E-state index is -1.17. The largest absolute Gasteiger partial charge is 0.480 e. The van der Waals surface area contributed by atoms with Gasteiger partial charge in [-0.1, -0.05) is 32.1 Å². The Morgan fingerprint density at radius 2 is 2.11 bits per heavy atom.